The summed E-state index contributed by atoms with van der Waals surface area (Å²) < 4.78 is 51.7. The van der Waals surface area contributed by atoms with Crippen molar-refractivity contribution in [3.63, 3.8) is 0 Å². The average molecular weight is 428 g/mol. The third-order valence-corrected chi connectivity index (χ3v) is 7.55. The maximum Gasteiger partial charge on any atom is 0.322 e. The Labute approximate surface area is 161 Å². The van der Waals surface area contributed by atoms with Crippen molar-refractivity contribution in [1.29, 1.82) is 0 Å². The number of nitrogens with one attached hydrogen (secondary N) is 1. The van der Waals surface area contributed by atoms with E-state index in [4.69, 9.17) is 0 Å². The Morgan fingerprint density at radius 2 is 1.54 bits per heavy atom. The lowest BCUT2D eigenvalue weighted by Crippen LogP contribution is -2.46. The Kier molecular flexibility index (Phi) is 10.4. The minimum Gasteiger partial charge on any atom is -0.480 e. The minimum absolute atomic E-state index is 0. The Bertz CT molecular complexity index is 759. The van der Waals surface area contributed by atoms with E-state index in [-0.39, 0.29) is 17.3 Å². The monoisotopic (exact) mass is 427 g/mol. The number of halogens is 1. The van der Waals surface area contributed by atoms with Crippen LogP contribution in [0.15, 0.2) is 35.2 Å². The van der Waals surface area contributed by atoms with Gasteiger partial charge in [0.1, 0.15) is 6.04 Å². The minimum atomic E-state index is -4.12. The Hall–Kier alpha value is -1.16. The summed E-state index contributed by atoms with van der Waals surface area (Å²) in [5.74, 6) is -2.28. The van der Waals surface area contributed by atoms with Crippen molar-refractivity contribution in [1.82, 2.24) is 4.72 Å². The highest BCUT2D eigenvalue weighted by atomic mass is 35.5. The fraction of sp³-hybridized carbons (Fsp3) is 0.562. The van der Waals surface area contributed by atoms with Crippen molar-refractivity contribution < 1.29 is 26.7 Å². The fourth-order valence-corrected chi connectivity index (χ4v) is 5.99. The van der Waals surface area contributed by atoms with Gasteiger partial charge in [0.15, 0.2) is 9.84 Å². The number of carboxylic acids is 1. The number of aliphatic carboxylic acids is 1. The first-order valence-corrected chi connectivity index (χ1v) is 11.4. The van der Waals surface area contributed by atoms with E-state index in [2.05, 4.69) is 0 Å². The van der Waals surface area contributed by atoms with Crippen LogP contribution in [-0.4, -0.2) is 45.0 Å². The average Bonchev–Trinajstić information content (AvgIpc) is 2.54. The van der Waals surface area contributed by atoms with Crippen molar-refractivity contribution in [3.05, 3.63) is 30.3 Å². The number of rotatable bonds is 11. The fourth-order valence-electron chi connectivity index (χ4n) is 2.53. The molecule has 0 saturated heterocycles. The second-order valence-electron chi connectivity index (χ2n) is 5.85. The van der Waals surface area contributed by atoms with Crippen molar-refractivity contribution in [2.75, 3.05) is 5.75 Å². The molecule has 1 rings (SSSR count). The molecular formula is C16H26ClNO6S2. The van der Waals surface area contributed by atoms with Gasteiger partial charge in [-0.05, 0) is 25.0 Å². The molecule has 10 heteroatoms. The first-order chi connectivity index (χ1) is 11.6. The van der Waals surface area contributed by atoms with Crippen LogP contribution in [0.3, 0.4) is 0 Å². The molecule has 0 radical (unpaired) electrons. The molecule has 1 unspecified atom stereocenters. The number of carbonyl (C=O) groups is 1. The van der Waals surface area contributed by atoms with Crippen molar-refractivity contribution in [2.45, 2.75) is 55.7 Å². The molecule has 0 fully saturated rings. The van der Waals surface area contributed by atoms with E-state index >= 15 is 0 Å². The van der Waals surface area contributed by atoms with Gasteiger partial charge in [0.25, 0.3) is 0 Å². The van der Waals surface area contributed by atoms with E-state index in [0.29, 0.717) is 25.7 Å². The van der Waals surface area contributed by atoms with E-state index < -0.39 is 42.9 Å². The number of hydrogen-bond donors (Lipinski definition) is 2. The van der Waals surface area contributed by atoms with Gasteiger partial charge in [-0.15, -0.1) is 12.4 Å². The van der Waals surface area contributed by atoms with Crippen LogP contribution in [0.2, 0.25) is 0 Å². The second kappa shape index (κ2) is 10.9. The highest BCUT2D eigenvalue weighted by Gasteiger charge is 2.33. The maximum absolute atomic E-state index is 12.5. The lowest BCUT2D eigenvalue weighted by Gasteiger charge is -2.20. The molecule has 0 aliphatic heterocycles. The summed E-state index contributed by atoms with van der Waals surface area (Å²) in [7, 11) is -7.88. The van der Waals surface area contributed by atoms with Crippen LogP contribution in [0.25, 0.3) is 0 Å². The summed E-state index contributed by atoms with van der Waals surface area (Å²) in [6, 6.07) is 5.52. The molecular weight excluding hydrogens is 402 g/mol. The van der Waals surface area contributed by atoms with Crippen LogP contribution in [0.5, 0.6) is 0 Å². The van der Waals surface area contributed by atoms with Gasteiger partial charge >= 0.3 is 5.97 Å². The second-order valence-corrected chi connectivity index (χ2v) is 9.89. The van der Waals surface area contributed by atoms with Crippen molar-refractivity contribution in [2.24, 2.45) is 0 Å². The van der Waals surface area contributed by atoms with E-state index in [0.717, 1.165) is 0 Å². The lowest BCUT2D eigenvalue weighted by molar-refractivity contribution is -0.138. The maximum atomic E-state index is 12.5. The van der Waals surface area contributed by atoms with Crippen LogP contribution < -0.4 is 4.72 Å². The number of hydrogen-bond acceptors (Lipinski definition) is 5. The van der Waals surface area contributed by atoms with Crippen LogP contribution in [0.4, 0.5) is 0 Å². The van der Waals surface area contributed by atoms with Gasteiger partial charge in [-0.2, -0.15) is 4.72 Å². The summed E-state index contributed by atoms with van der Waals surface area (Å²) in [5, 5.41) is 8.64. The van der Waals surface area contributed by atoms with Gasteiger partial charge in [0.2, 0.25) is 10.0 Å². The SMILES string of the molecule is CCCC(CCC)S(=O)(=O)CC(NS(=O)(=O)c1ccccc1)C(=O)O.Cl. The summed E-state index contributed by atoms with van der Waals surface area (Å²) >= 11 is 0. The predicted octanol–water partition coefficient (Wildman–Crippen LogP) is 2.22. The Balaban J connectivity index is 0.00000625. The summed E-state index contributed by atoms with van der Waals surface area (Å²) in [6.07, 6.45) is 2.15. The third kappa shape index (κ3) is 7.22. The smallest absolute Gasteiger partial charge is 0.322 e. The molecule has 0 amide bonds. The van der Waals surface area contributed by atoms with Gasteiger partial charge in [0.05, 0.1) is 15.9 Å². The molecule has 26 heavy (non-hydrogen) atoms. The molecule has 0 aliphatic carbocycles. The Morgan fingerprint density at radius 1 is 1.04 bits per heavy atom. The first kappa shape index (κ1) is 24.8. The molecule has 0 heterocycles. The standard InChI is InChI=1S/C16H25NO6S2.ClH/c1-3-8-13(9-4-2)24(20,21)12-15(16(18)19)17-25(22,23)14-10-6-5-7-11-14;/h5-7,10-11,13,15,17H,3-4,8-9,12H2,1-2H3,(H,18,19);1H. The number of sulfone groups is 1. The zero-order chi connectivity index (χ0) is 19.1. The van der Waals surface area contributed by atoms with Crippen LogP contribution >= 0.6 is 12.4 Å². The molecule has 1 atom stereocenters. The van der Waals surface area contributed by atoms with Gasteiger partial charge in [0, 0.05) is 0 Å². The summed E-state index contributed by atoms with van der Waals surface area (Å²) in [6.45, 7) is 3.70. The first-order valence-electron chi connectivity index (χ1n) is 8.15. The topological polar surface area (TPSA) is 118 Å². The number of sulfonamides is 1. The molecule has 0 bridgehead atoms. The normalized spacial score (nSPS) is 13.2. The predicted molar refractivity (Wildman–Crippen MR) is 103 cm³/mol. The van der Waals surface area contributed by atoms with E-state index in [1.807, 2.05) is 18.6 Å². The quantitative estimate of drug-likeness (QED) is 0.559. The molecule has 0 aromatic heterocycles. The van der Waals surface area contributed by atoms with Gasteiger partial charge in [-0.1, -0.05) is 44.9 Å². The molecule has 0 spiro atoms. The Morgan fingerprint density at radius 3 is 1.96 bits per heavy atom. The molecule has 1 aromatic carbocycles. The molecule has 0 saturated carbocycles. The lowest BCUT2D eigenvalue weighted by atomic mass is 10.2. The van der Waals surface area contributed by atoms with E-state index in [1.165, 1.54) is 24.3 Å². The molecule has 1 aromatic rings. The number of benzene rings is 1. The molecule has 150 valence electrons. The van der Waals surface area contributed by atoms with Gasteiger partial charge in [-0.25, -0.2) is 16.8 Å². The van der Waals surface area contributed by atoms with Crippen LogP contribution in [-0.2, 0) is 24.7 Å². The molecule has 2 N–H and O–H groups in total. The highest BCUT2D eigenvalue weighted by Crippen LogP contribution is 2.17. The molecule has 7 nitrogen and oxygen atoms in total. The largest absolute Gasteiger partial charge is 0.480 e. The summed E-state index contributed by atoms with van der Waals surface area (Å²) in [5.41, 5.74) is 0. The summed E-state index contributed by atoms with van der Waals surface area (Å²) in [4.78, 5) is 11.3. The van der Waals surface area contributed by atoms with Crippen LogP contribution in [0, 0.1) is 0 Å². The molecule has 0 aliphatic rings. The zero-order valence-corrected chi connectivity index (χ0v) is 17.2. The highest BCUT2D eigenvalue weighted by molar-refractivity contribution is 7.92. The zero-order valence-electron chi connectivity index (χ0n) is 14.8. The van der Waals surface area contributed by atoms with Gasteiger partial charge in [-0.3, -0.25) is 4.79 Å². The van der Waals surface area contributed by atoms with Gasteiger partial charge < -0.3 is 5.11 Å². The third-order valence-electron chi connectivity index (χ3n) is 3.78. The van der Waals surface area contributed by atoms with E-state index in [9.17, 15) is 26.7 Å². The van der Waals surface area contributed by atoms with E-state index in [1.54, 1.807) is 6.07 Å². The van der Waals surface area contributed by atoms with Crippen LogP contribution in [0.1, 0.15) is 39.5 Å². The van der Waals surface area contributed by atoms with Crippen molar-refractivity contribution >= 4 is 38.2 Å². The van der Waals surface area contributed by atoms with Crippen molar-refractivity contribution in [3.8, 4) is 0 Å². The number of carboxylic acid groups (broad SMARTS) is 1.